The minimum Gasteiger partial charge on any atom is -0.462 e. The standard InChI is InChI=1S/C53H90O15/c1-3-5-7-9-11-13-15-17-18-19-20-21-22-24-26-28-30-32-34-36-45(56)66-41(38-63-44(55)35-33-31-29-27-25-23-16-14-12-10-8-6-4-2)39-64-52-51(62)49(60)47(58)43(68-52)40-65-53-50(61)48(59)46(57)42(37-54)67-53/h11,13,17-18,20-21,24,26,30,32,41-43,46-54,57-62H,3-10,12,14-16,19,22-23,25,27-29,31,33-40H2,1-2H3/b13-11+,18-17+,21-20+,26-24+,32-30+/t41-,42+,43+,46-,47-,48?,49?,50?,51?,52+,53+/m1/s1. The van der Waals surface area contributed by atoms with E-state index >= 15 is 0 Å². The van der Waals surface area contributed by atoms with E-state index in [2.05, 4.69) is 62.5 Å². The summed E-state index contributed by atoms with van der Waals surface area (Å²) in [6.45, 7) is 2.48. The Morgan fingerprint density at radius 1 is 0.471 bits per heavy atom. The molecule has 4 unspecified atom stereocenters. The van der Waals surface area contributed by atoms with Gasteiger partial charge in [0.05, 0.1) is 19.8 Å². The summed E-state index contributed by atoms with van der Waals surface area (Å²) in [6, 6.07) is 0. The Labute approximate surface area is 407 Å². The topological polar surface area (TPSA) is 231 Å². The fourth-order valence-electron chi connectivity index (χ4n) is 7.73. The van der Waals surface area contributed by atoms with Crippen LogP contribution in [0.1, 0.15) is 168 Å². The zero-order valence-corrected chi connectivity index (χ0v) is 41.3. The molecule has 15 nitrogen and oxygen atoms in total. The fraction of sp³-hybridized carbons (Fsp3) is 0.774. The Balaban J connectivity index is 1.85. The number of carbonyl (C=O) groups is 2. The van der Waals surface area contributed by atoms with Gasteiger partial charge in [-0.15, -0.1) is 0 Å². The van der Waals surface area contributed by atoms with Crippen molar-refractivity contribution in [3.8, 4) is 0 Å². The summed E-state index contributed by atoms with van der Waals surface area (Å²) in [5.41, 5.74) is 0. The lowest BCUT2D eigenvalue weighted by Gasteiger charge is -2.42. The zero-order chi connectivity index (χ0) is 49.6. The Morgan fingerprint density at radius 3 is 1.44 bits per heavy atom. The number of allylic oxidation sites excluding steroid dienone is 10. The van der Waals surface area contributed by atoms with Crippen LogP contribution in [0.25, 0.3) is 0 Å². The van der Waals surface area contributed by atoms with Crippen LogP contribution in [0, 0.1) is 0 Å². The third-order valence-electron chi connectivity index (χ3n) is 12.0. The molecule has 2 saturated heterocycles. The number of aliphatic hydroxyl groups is 7. The molecule has 2 heterocycles. The summed E-state index contributed by atoms with van der Waals surface area (Å²) < 4.78 is 33.5. The van der Waals surface area contributed by atoms with E-state index < -0.39 is 99.3 Å². The highest BCUT2D eigenvalue weighted by molar-refractivity contribution is 5.70. The fourth-order valence-corrected chi connectivity index (χ4v) is 7.73. The highest BCUT2D eigenvalue weighted by Crippen LogP contribution is 2.26. The maximum absolute atomic E-state index is 13.0. The summed E-state index contributed by atoms with van der Waals surface area (Å²) >= 11 is 0. The SMILES string of the molecule is CCCCC/C=C/C/C=C/C/C=C/C/C=C/C/C=C/CCC(=O)O[C@H](COC(=O)CCCCCCCCCCCCCCC)CO[C@H]1O[C@@H](CO[C@H]2O[C@@H](CO)[C@@H](O)C(O)C2O)[C@@H](O)C(O)C1O. The third kappa shape index (κ3) is 27.6. The molecule has 0 aromatic rings. The number of carbonyl (C=O) groups excluding carboxylic acids is 2. The van der Waals surface area contributed by atoms with Crippen molar-refractivity contribution in [1.29, 1.82) is 0 Å². The number of hydrogen-bond acceptors (Lipinski definition) is 15. The predicted octanol–water partition coefficient (Wildman–Crippen LogP) is 7.27. The Hall–Kier alpha value is -2.80. The average molecular weight is 967 g/mol. The number of unbranched alkanes of at least 4 members (excludes halogenated alkanes) is 15. The molecule has 2 rings (SSSR count). The van der Waals surface area contributed by atoms with E-state index in [1.165, 1.54) is 77.0 Å². The van der Waals surface area contributed by atoms with Crippen LogP contribution < -0.4 is 0 Å². The van der Waals surface area contributed by atoms with Crippen molar-refractivity contribution in [3.63, 3.8) is 0 Å². The van der Waals surface area contributed by atoms with Crippen molar-refractivity contribution in [2.45, 2.75) is 235 Å². The van der Waals surface area contributed by atoms with Gasteiger partial charge in [-0.05, 0) is 51.4 Å². The number of rotatable bonds is 39. The second-order valence-corrected chi connectivity index (χ2v) is 18.0. The molecule has 0 spiro atoms. The largest absolute Gasteiger partial charge is 0.462 e. The summed E-state index contributed by atoms with van der Waals surface area (Å²) in [7, 11) is 0. The van der Waals surface area contributed by atoms with E-state index in [1.54, 1.807) is 0 Å². The maximum atomic E-state index is 13.0. The lowest BCUT2D eigenvalue weighted by atomic mass is 9.98. The lowest BCUT2D eigenvalue weighted by molar-refractivity contribution is -0.332. The van der Waals surface area contributed by atoms with E-state index in [1.807, 2.05) is 12.2 Å². The normalized spacial score (nSPS) is 26.2. The number of hydrogen-bond donors (Lipinski definition) is 7. The van der Waals surface area contributed by atoms with Crippen LogP contribution in [0.3, 0.4) is 0 Å². The van der Waals surface area contributed by atoms with Crippen LogP contribution in [0.15, 0.2) is 60.8 Å². The van der Waals surface area contributed by atoms with Gasteiger partial charge in [-0.3, -0.25) is 9.59 Å². The molecule has 0 aromatic carbocycles. The zero-order valence-electron chi connectivity index (χ0n) is 41.3. The quantitative estimate of drug-likeness (QED) is 0.0183. The van der Waals surface area contributed by atoms with Gasteiger partial charge in [0.1, 0.15) is 55.4 Å². The van der Waals surface area contributed by atoms with E-state index in [9.17, 15) is 45.3 Å². The second kappa shape index (κ2) is 39.9. The van der Waals surface area contributed by atoms with Crippen molar-refractivity contribution < 1.29 is 73.8 Å². The number of esters is 2. The monoisotopic (exact) mass is 967 g/mol. The van der Waals surface area contributed by atoms with Gasteiger partial charge in [0.25, 0.3) is 0 Å². The maximum Gasteiger partial charge on any atom is 0.306 e. The summed E-state index contributed by atoms with van der Waals surface area (Å²) in [4.78, 5) is 25.7. The molecule has 0 aromatic heterocycles. The van der Waals surface area contributed by atoms with Gasteiger partial charge in [0.15, 0.2) is 18.7 Å². The van der Waals surface area contributed by atoms with Crippen molar-refractivity contribution in [3.05, 3.63) is 60.8 Å². The molecule has 392 valence electrons. The molecule has 11 atom stereocenters. The molecular formula is C53H90O15. The highest BCUT2D eigenvalue weighted by atomic mass is 16.7. The van der Waals surface area contributed by atoms with Crippen LogP contribution in [0.2, 0.25) is 0 Å². The lowest BCUT2D eigenvalue weighted by Crippen LogP contribution is -2.61. The first-order chi connectivity index (χ1) is 33.0. The molecule has 0 aliphatic carbocycles. The molecule has 2 aliphatic rings. The van der Waals surface area contributed by atoms with Crippen molar-refractivity contribution in [2.24, 2.45) is 0 Å². The van der Waals surface area contributed by atoms with Crippen molar-refractivity contribution >= 4 is 11.9 Å². The second-order valence-electron chi connectivity index (χ2n) is 18.0. The van der Waals surface area contributed by atoms with Gasteiger partial charge < -0.3 is 64.2 Å². The van der Waals surface area contributed by atoms with E-state index in [-0.39, 0.29) is 19.4 Å². The Bertz CT molecular complexity index is 1420. The minimum absolute atomic E-state index is 0.0410. The summed E-state index contributed by atoms with van der Waals surface area (Å²) in [5, 5.41) is 72.0. The molecule has 2 aliphatic heterocycles. The Kier molecular flexibility index (Phi) is 36.0. The first-order valence-corrected chi connectivity index (χ1v) is 25.9. The molecule has 0 saturated carbocycles. The van der Waals surface area contributed by atoms with Crippen LogP contribution in [-0.4, -0.2) is 142 Å². The van der Waals surface area contributed by atoms with E-state index in [4.69, 9.17) is 28.4 Å². The molecule has 0 amide bonds. The van der Waals surface area contributed by atoms with Crippen LogP contribution >= 0.6 is 0 Å². The molecule has 68 heavy (non-hydrogen) atoms. The minimum atomic E-state index is -1.78. The summed E-state index contributed by atoms with van der Waals surface area (Å²) in [5.74, 6) is -1.02. The van der Waals surface area contributed by atoms with Gasteiger partial charge in [0, 0.05) is 12.8 Å². The Morgan fingerprint density at radius 2 is 0.912 bits per heavy atom. The van der Waals surface area contributed by atoms with Gasteiger partial charge >= 0.3 is 11.9 Å². The van der Waals surface area contributed by atoms with Gasteiger partial charge in [-0.1, -0.05) is 164 Å². The molecule has 15 heteroatoms. The molecule has 0 bridgehead atoms. The summed E-state index contributed by atoms with van der Waals surface area (Å²) in [6.07, 6.45) is 28.3. The van der Waals surface area contributed by atoms with Crippen LogP contribution in [-0.2, 0) is 38.0 Å². The van der Waals surface area contributed by atoms with E-state index in [0.717, 1.165) is 44.9 Å². The van der Waals surface area contributed by atoms with Crippen LogP contribution in [0.5, 0.6) is 0 Å². The molecular weight excluding hydrogens is 877 g/mol. The van der Waals surface area contributed by atoms with Gasteiger partial charge in [-0.2, -0.15) is 0 Å². The van der Waals surface area contributed by atoms with Crippen LogP contribution in [0.4, 0.5) is 0 Å². The van der Waals surface area contributed by atoms with Gasteiger partial charge in [-0.25, -0.2) is 0 Å². The van der Waals surface area contributed by atoms with Crippen molar-refractivity contribution in [2.75, 3.05) is 26.4 Å². The smallest absolute Gasteiger partial charge is 0.306 e. The number of ether oxygens (including phenoxy) is 6. The first kappa shape index (κ1) is 61.3. The van der Waals surface area contributed by atoms with Crippen molar-refractivity contribution in [1.82, 2.24) is 0 Å². The van der Waals surface area contributed by atoms with E-state index in [0.29, 0.717) is 19.3 Å². The third-order valence-corrected chi connectivity index (χ3v) is 12.0. The average Bonchev–Trinajstić information content (AvgIpc) is 3.33. The number of aliphatic hydroxyl groups excluding tert-OH is 7. The molecule has 7 N–H and O–H groups in total. The molecule has 2 fully saturated rings. The predicted molar refractivity (Wildman–Crippen MR) is 261 cm³/mol. The first-order valence-electron chi connectivity index (χ1n) is 25.9. The van der Waals surface area contributed by atoms with Gasteiger partial charge in [0.2, 0.25) is 0 Å². The molecule has 0 radical (unpaired) electrons. The highest BCUT2D eigenvalue weighted by Gasteiger charge is 2.47.